The van der Waals surface area contributed by atoms with Gasteiger partial charge in [0, 0.05) is 18.7 Å². The highest BCUT2D eigenvalue weighted by Gasteiger charge is 2.46. The quantitative estimate of drug-likeness (QED) is 0.239. The first kappa shape index (κ1) is 29.8. The summed E-state index contributed by atoms with van der Waals surface area (Å²) in [7, 11) is 3.72. The van der Waals surface area contributed by atoms with Gasteiger partial charge >= 0.3 is 5.97 Å². The Hall–Kier alpha value is -3.17. The Labute approximate surface area is 241 Å². The second-order valence-electron chi connectivity index (χ2n) is 11.5. The van der Waals surface area contributed by atoms with Gasteiger partial charge in [0.2, 0.25) is 5.91 Å². The highest BCUT2D eigenvalue weighted by atomic mass is 32.1. The summed E-state index contributed by atoms with van der Waals surface area (Å²) in [5.74, 6) is 0.801. The molecule has 0 radical (unpaired) electrons. The van der Waals surface area contributed by atoms with Crippen molar-refractivity contribution >= 4 is 33.4 Å². The van der Waals surface area contributed by atoms with Gasteiger partial charge in [-0.15, -0.1) is 11.3 Å². The van der Waals surface area contributed by atoms with Crippen LogP contribution in [0.4, 0.5) is 0 Å². The van der Waals surface area contributed by atoms with Gasteiger partial charge in [-0.05, 0) is 64.8 Å². The Balaban J connectivity index is 1.46. The summed E-state index contributed by atoms with van der Waals surface area (Å²) >= 11 is 1.50. The normalized spacial score (nSPS) is 14.3. The van der Waals surface area contributed by atoms with E-state index < -0.39 is 11.0 Å². The average molecular weight is 568 g/mol. The molecule has 4 rings (SSSR count). The lowest BCUT2D eigenvalue weighted by molar-refractivity contribution is -0.160. The van der Waals surface area contributed by atoms with Crippen LogP contribution in [-0.2, 0) is 33.7 Å². The van der Waals surface area contributed by atoms with Gasteiger partial charge in [-0.2, -0.15) is 0 Å². The number of amides is 1. The van der Waals surface area contributed by atoms with E-state index in [-0.39, 0.29) is 24.8 Å². The number of aromatic nitrogens is 1. The first-order valence-corrected chi connectivity index (χ1v) is 14.7. The van der Waals surface area contributed by atoms with Gasteiger partial charge in [0.05, 0.1) is 42.3 Å². The lowest BCUT2D eigenvalue weighted by atomic mass is 9.80. The van der Waals surface area contributed by atoms with E-state index in [2.05, 4.69) is 24.2 Å². The molecule has 0 fully saturated rings. The average Bonchev–Trinajstić information content (AvgIpc) is 3.48. The highest BCUT2D eigenvalue weighted by molar-refractivity contribution is 7.18. The van der Waals surface area contributed by atoms with Crippen molar-refractivity contribution in [3.05, 3.63) is 52.5 Å². The fourth-order valence-corrected chi connectivity index (χ4v) is 5.98. The molecule has 9 heteroatoms. The van der Waals surface area contributed by atoms with Crippen LogP contribution in [0.1, 0.15) is 56.7 Å². The molecule has 0 atom stereocenters. The van der Waals surface area contributed by atoms with E-state index >= 15 is 0 Å². The molecule has 1 aliphatic carbocycles. The zero-order valence-corrected chi connectivity index (χ0v) is 25.3. The number of rotatable bonds is 12. The Morgan fingerprint density at radius 2 is 1.82 bits per heavy atom. The van der Waals surface area contributed by atoms with E-state index in [4.69, 9.17) is 19.2 Å². The summed E-state index contributed by atoms with van der Waals surface area (Å²) < 4.78 is 18.2. The Kier molecular flexibility index (Phi) is 9.36. The van der Waals surface area contributed by atoms with Crippen LogP contribution in [0.5, 0.6) is 11.5 Å². The SMILES string of the molecule is CCN(C)CCCOc1cc2nc(CNC(=O)C3(CC(=O)OC(C)(C)C)Cc4ccccc4C3)sc2cc1OC. The lowest BCUT2D eigenvalue weighted by Crippen LogP contribution is -2.44. The number of ether oxygens (including phenoxy) is 3. The molecule has 3 aromatic rings. The third-order valence-electron chi connectivity index (χ3n) is 7.16. The summed E-state index contributed by atoms with van der Waals surface area (Å²) in [5.41, 5.74) is 1.49. The van der Waals surface area contributed by atoms with Crippen molar-refractivity contribution in [2.45, 2.75) is 65.5 Å². The van der Waals surface area contributed by atoms with Crippen LogP contribution in [0, 0.1) is 5.41 Å². The topological polar surface area (TPSA) is 90.0 Å². The lowest BCUT2D eigenvalue weighted by Gasteiger charge is -2.28. The number of carbonyl (C=O) groups excluding carboxylic acids is 2. The number of nitrogens with one attached hydrogen (secondary N) is 1. The van der Waals surface area contributed by atoms with Crippen LogP contribution in [0.3, 0.4) is 0 Å². The summed E-state index contributed by atoms with van der Waals surface area (Å²) in [6.07, 6.45) is 1.94. The van der Waals surface area contributed by atoms with Crippen LogP contribution in [-0.4, -0.2) is 61.2 Å². The minimum Gasteiger partial charge on any atom is -0.493 e. The second kappa shape index (κ2) is 12.6. The van der Waals surface area contributed by atoms with E-state index in [1.165, 1.54) is 11.3 Å². The van der Waals surface area contributed by atoms with Crippen LogP contribution in [0.15, 0.2) is 36.4 Å². The van der Waals surface area contributed by atoms with Crippen LogP contribution in [0.25, 0.3) is 10.2 Å². The molecule has 1 aliphatic rings. The van der Waals surface area contributed by atoms with Crippen LogP contribution in [0.2, 0.25) is 0 Å². The van der Waals surface area contributed by atoms with E-state index in [1.807, 2.05) is 57.2 Å². The predicted octanol–water partition coefficient (Wildman–Crippen LogP) is 5.16. The molecule has 216 valence electrons. The number of benzene rings is 2. The van der Waals surface area contributed by atoms with E-state index in [9.17, 15) is 9.59 Å². The number of esters is 1. The first-order chi connectivity index (χ1) is 19.0. The molecule has 8 nitrogen and oxygen atoms in total. The third kappa shape index (κ3) is 7.31. The number of fused-ring (bicyclic) bond motifs is 2. The standard InChI is InChI=1S/C31H41N3O5S/c1-7-34(5)13-10-14-38-25-15-23-26(16-24(25)37-6)40-27(33-23)20-32-29(36)31(19-28(35)39-30(2,3)4)17-21-11-8-9-12-22(21)18-31/h8-9,11-12,15-16H,7,10,13-14,17-20H2,1-6H3,(H,32,36). The molecule has 1 amide bonds. The van der Waals surface area contributed by atoms with Gasteiger partial charge in [-0.3, -0.25) is 9.59 Å². The van der Waals surface area contributed by atoms with Crippen molar-refractivity contribution in [3.8, 4) is 11.5 Å². The molecule has 0 saturated heterocycles. The zero-order valence-electron chi connectivity index (χ0n) is 24.5. The molecule has 1 N–H and O–H groups in total. The van der Waals surface area contributed by atoms with Gasteiger partial charge in [-0.1, -0.05) is 31.2 Å². The number of carbonyl (C=O) groups is 2. The maximum absolute atomic E-state index is 13.7. The number of methoxy groups -OCH3 is 1. The van der Waals surface area contributed by atoms with Crippen molar-refractivity contribution in [1.29, 1.82) is 0 Å². The summed E-state index contributed by atoms with van der Waals surface area (Å²) in [5, 5.41) is 3.85. The highest BCUT2D eigenvalue weighted by Crippen LogP contribution is 2.41. The van der Waals surface area contributed by atoms with Gasteiger partial charge in [0.15, 0.2) is 11.5 Å². The van der Waals surface area contributed by atoms with Crippen molar-refractivity contribution < 1.29 is 23.8 Å². The molecule has 0 spiro atoms. The fraction of sp³-hybridized carbons (Fsp3) is 0.516. The third-order valence-corrected chi connectivity index (χ3v) is 8.18. The molecule has 0 aliphatic heterocycles. The summed E-state index contributed by atoms with van der Waals surface area (Å²) in [6.45, 7) is 10.5. The van der Waals surface area contributed by atoms with Crippen LogP contribution >= 0.6 is 11.3 Å². The molecule has 1 heterocycles. The maximum atomic E-state index is 13.7. The largest absolute Gasteiger partial charge is 0.493 e. The van der Waals surface area contributed by atoms with E-state index in [0.717, 1.165) is 45.9 Å². The molecule has 0 saturated carbocycles. The van der Waals surface area contributed by atoms with Gasteiger partial charge in [-0.25, -0.2) is 4.98 Å². The van der Waals surface area contributed by atoms with E-state index in [1.54, 1.807) is 7.11 Å². The van der Waals surface area contributed by atoms with Crippen molar-refractivity contribution in [1.82, 2.24) is 15.2 Å². The molecular formula is C31H41N3O5S. The Bertz CT molecular complexity index is 1320. The van der Waals surface area contributed by atoms with Gasteiger partial charge in [0.1, 0.15) is 10.6 Å². The monoisotopic (exact) mass is 567 g/mol. The van der Waals surface area contributed by atoms with Crippen LogP contribution < -0.4 is 14.8 Å². The molecule has 1 aromatic heterocycles. The number of hydrogen-bond donors (Lipinski definition) is 1. The molecule has 2 aromatic carbocycles. The zero-order chi connectivity index (χ0) is 28.9. The fourth-order valence-electron chi connectivity index (χ4n) is 5.06. The van der Waals surface area contributed by atoms with Crippen molar-refractivity contribution in [2.75, 3.05) is 33.9 Å². The second-order valence-corrected chi connectivity index (χ2v) is 12.6. The predicted molar refractivity (Wildman–Crippen MR) is 158 cm³/mol. The Morgan fingerprint density at radius 3 is 2.45 bits per heavy atom. The smallest absolute Gasteiger partial charge is 0.307 e. The Morgan fingerprint density at radius 1 is 1.12 bits per heavy atom. The van der Waals surface area contributed by atoms with Gasteiger partial charge < -0.3 is 24.4 Å². The summed E-state index contributed by atoms with van der Waals surface area (Å²) in [4.78, 5) is 33.6. The number of hydrogen-bond acceptors (Lipinski definition) is 8. The van der Waals surface area contributed by atoms with E-state index in [0.29, 0.717) is 30.9 Å². The maximum Gasteiger partial charge on any atom is 0.307 e. The van der Waals surface area contributed by atoms with Crippen molar-refractivity contribution in [3.63, 3.8) is 0 Å². The minimum absolute atomic E-state index is 0.0244. The first-order valence-electron chi connectivity index (χ1n) is 13.9. The minimum atomic E-state index is -0.890. The molecular weight excluding hydrogens is 526 g/mol. The number of thiazole rings is 1. The van der Waals surface area contributed by atoms with Gasteiger partial charge in [0.25, 0.3) is 0 Å². The molecule has 40 heavy (non-hydrogen) atoms. The molecule has 0 unspecified atom stereocenters. The number of nitrogens with zero attached hydrogens (tertiary/aromatic N) is 2. The molecule has 0 bridgehead atoms. The summed E-state index contributed by atoms with van der Waals surface area (Å²) in [6, 6.07) is 11.8. The van der Waals surface area contributed by atoms with Crippen molar-refractivity contribution in [2.24, 2.45) is 5.41 Å².